The molecule has 0 amide bonds. The second kappa shape index (κ2) is 10.8. The largest absolute Gasteiger partial charge is 0.496 e. The summed E-state index contributed by atoms with van der Waals surface area (Å²) in [5.41, 5.74) is 3.24. The Morgan fingerprint density at radius 1 is 1.19 bits per heavy atom. The molecule has 0 aliphatic heterocycles. The molecular formula is C21H28FN3OS. The van der Waals surface area contributed by atoms with E-state index in [0.29, 0.717) is 6.54 Å². The SMILES string of the molecule is CN=C(NCc1ccc(F)cc1CSC)NCC(C)c1ccccc1OC. The maximum absolute atomic E-state index is 13.5. The first-order valence-corrected chi connectivity index (χ1v) is 10.3. The molecule has 2 aromatic rings. The highest BCUT2D eigenvalue weighted by Gasteiger charge is 2.12. The fourth-order valence-corrected chi connectivity index (χ4v) is 3.47. The number of rotatable bonds is 8. The van der Waals surface area contributed by atoms with E-state index in [4.69, 9.17) is 4.74 Å². The number of methoxy groups -OCH3 is 1. The summed E-state index contributed by atoms with van der Waals surface area (Å²) >= 11 is 1.68. The van der Waals surface area contributed by atoms with Crippen LogP contribution < -0.4 is 15.4 Å². The second-order valence-corrected chi connectivity index (χ2v) is 7.16. The van der Waals surface area contributed by atoms with Crippen LogP contribution in [0.25, 0.3) is 0 Å². The second-order valence-electron chi connectivity index (χ2n) is 6.30. The van der Waals surface area contributed by atoms with Gasteiger partial charge in [-0.25, -0.2) is 4.39 Å². The third-order valence-corrected chi connectivity index (χ3v) is 4.98. The van der Waals surface area contributed by atoms with Crippen LogP contribution in [0.5, 0.6) is 5.75 Å². The van der Waals surface area contributed by atoms with Gasteiger partial charge in [-0.15, -0.1) is 0 Å². The maximum atomic E-state index is 13.5. The van der Waals surface area contributed by atoms with Crippen molar-refractivity contribution >= 4 is 17.7 Å². The standard InChI is InChI=1S/C21H28FN3OS/c1-15(19-7-5-6-8-20(19)26-3)12-24-21(23-2)25-13-16-9-10-18(22)11-17(16)14-27-4/h5-11,15H,12-14H2,1-4H3,(H2,23,24,25). The van der Waals surface area contributed by atoms with Gasteiger partial charge >= 0.3 is 0 Å². The first kappa shape index (κ1) is 21.1. The van der Waals surface area contributed by atoms with Crippen molar-refractivity contribution in [1.82, 2.24) is 10.6 Å². The van der Waals surface area contributed by atoms with Gasteiger partial charge in [-0.2, -0.15) is 11.8 Å². The minimum Gasteiger partial charge on any atom is -0.496 e. The lowest BCUT2D eigenvalue weighted by Crippen LogP contribution is -2.38. The van der Waals surface area contributed by atoms with Crippen molar-refractivity contribution in [3.8, 4) is 5.75 Å². The molecule has 2 N–H and O–H groups in total. The molecule has 0 spiro atoms. The lowest BCUT2D eigenvalue weighted by atomic mass is 10.0. The normalized spacial score (nSPS) is 12.6. The summed E-state index contributed by atoms with van der Waals surface area (Å²) < 4.78 is 18.9. The highest BCUT2D eigenvalue weighted by Crippen LogP contribution is 2.25. The Morgan fingerprint density at radius 2 is 1.96 bits per heavy atom. The van der Waals surface area contributed by atoms with Crippen LogP contribution in [0.4, 0.5) is 4.39 Å². The molecule has 146 valence electrons. The predicted molar refractivity (Wildman–Crippen MR) is 113 cm³/mol. The van der Waals surface area contributed by atoms with E-state index in [0.717, 1.165) is 40.7 Å². The third-order valence-electron chi connectivity index (χ3n) is 4.38. The van der Waals surface area contributed by atoms with E-state index in [9.17, 15) is 4.39 Å². The topological polar surface area (TPSA) is 45.7 Å². The van der Waals surface area contributed by atoms with Gasteiger partial charge in [0.25, 0.3) is 0 Å². The predicted octanol–water partition coefficient (Wildman–Crippen LogP) is 4.17. The van der Waals surface area contributed by atoms with Gasteiger partial charge in [0.2, 0.25) is 0 Å². The highest BCUT2D eigenvalue weighted by atomic mass is 32.2. The van der Waals surface area contributed by atoms with Gasteiger partial charge in [0.15, 0.2) is 5.96 Å². The Morgan fingerprint density at radius 3 is 2.67 bits per heavy atom. The molecule has 6 heteroatoms. The van der Waals surface area contributed by atoms with Crippen LogP contribution in [0.15, 0.2) is 47.5 Å². The van der Waals surface area contributed by atoms with Crippen LogP contribution >= 0.6 is 11.8 Å². The van der Waals surface area contributed by atoms with Crippen LogP contribution in [0.1, 0.15) is 29.5 Å². The first-order valence-electron chi connectivity index (χ1n) is 8.92. The van der Waals surface area contributed by atoms with Crippen LogP contribution in [-0.4, -0.2) is 32.9 Å². The number of thioether (sulfide) groups is 1. The Labute approximate surface area is 165 Å². The van der Waals surface area contributed by atoms with E-state index in [1.165, 1.54) is 6.07 Å². The molecule has 0 radical (unpaired) electrons. The molecule has 0 bridgehead atoms. The molecule has 1 unspecified atom stereocenters. The monoisotopic (exact) mass is 389 g/mol. The minimum atomic E-state index is -0.198. The lowest BCUT2D eigenvalue weighted by molar-refractivity contribution is 0.406. The van der Waals surface area contributed by atoms with E-state index < -0.39 is 0 Å². The van der Waals surface area contributed by atoms with Crippen LogP contribution in [0.3, 0.4) is 0 Å². The average molecular weight is 390 g/mol. The Bertz CT molecular complexity index is 767. The van der Waals surface area contributed by atoms with Crippen molar-refractivity contribution in [3.63, 3.8) is 0 Å². The smallest absolute Gasteiger partial charge is 0.191 e. The summed E-state index contributed by atoms with van der Waals surface area (Å²) in [4.78, 5) is 4.29. The summed E-state index contributed by atoms with van der Waals surface area (Å²) in [6.45, 7) is 3.47. The molecular weight excluding hydrogens is 361 g/mol. The van der Waals surface area contributed by atoms with Gasteiger partial charge in [0, 0.05) is 31.8 Å². The van der Waals surface area contributed by atoms with Gasteiger partial charge in [0.1, 0.15) is 11.6 Å². The number of aliphatic imine (C=N–C) groups is 1. The van der Waals surface area contributed by atoms with Crippen LogP contribution in [0.2, 0.25) is 0 Å². The number of nitrogens with one attached hydrogen (secondary N) is 2. The molecule has 0 aliphatic rings. The van der Waals surface area contributed by atoms with Crippen molar-refractivity contribution in [1.29, 1.82) is 0 Å². The summed E-state index contributed by atoms with van der Waals surface area (Å²) in [5, 5.41) is 6.67. The fourth-order valence-electron chi connectivity index (χ4n) is 2.89. The third kappa shape index (κ3) is 6.17. The van der Waals surface area contributed by atoms with Crippen molar-refractivity contribution in [2.45, 2.75) is 25.1 Å². The summed E-state index contributed by atoms with van der Waals surface area (Å²) in [6.07, 6.45) is 2.02. The molecule has 0 fully saturated rings. The highest BCUT2D eigenvalue weighted by molar-refractivity contribution is 7.97. The minimum absolute atomic E-state index is 0.198. The zero-order chi connectivity index (χ0) is 19.6. The van der Waals surface area contributed by atoms with Gasteiger partial charge < -0.3 is 15.4 Å². The van der Waals surface area contributed by atoms with Crippen LogP contribution in [0, 0.1) is 5.82 Å². The number of para-hydroxylation sites is 1. The molecule has 4 nitrogen and oxygen atoms in total. The van der Waals surface area contributed by atoms with Gasteiger partial charge in [-0.3, -0.25) is 4.99 Å². The first-order chi connectivity index (χ1) is 13.1. The van der Waals surface area contributed by atoms with E-state index in [1.807, 2.05) is 30.5 Å². The lowest BCUT2D eigenvalue weighted by Gasteiger charge is -2.19. The average Bonchev–Trinajstić information content (AvgIpc) is 2.69. The van der Waals surface area contributed by atoms with Gasteiger partial charge in [-0.05, 0) is 41.1 Å². The van der Waals surface area contributed by atoms with E-state index in [2.05, 4.69) is 28.6 Å². The Kier molecular flexibility index (Phi) is 8.45. The van der Waals surface area contributed by atoms with Crippen LogP contribution in [-0.2, 0) is 12.3 Å². The molecule has 0 aliphatic carbocycles. The Balaban J connectivity index is 1.95. The number of ether oxygens (including phenoxy) is 1. The molecule has 2 aromatic carbocycles. The van der Waals surface area contributed by atoms with Crippen molar-refractivity contribution in [2.24, 2.45) is 4.99 Å². The molecule has 0 saturated heterocycles. The van der Waals surface area contributed by atoms with E-state index in [-0.39, 0.29) is 11.7 Å². The number of nitrogens with zero attached hydrogens (tertiary/aromatic N) is 1. The zero-order valence-corrected chi connectivity index (χ0v) is 17.2. The number of guanidine groups is 1. The quantitative estimate of drug-likeness (QED) is 0.526. The zero-order valence-electron chi connectivity index (χ0n) is 16.4. The molecule has 0 heterocycles. The van der Waals surface area contributed by atoms with Gasteiger partial charge in [-0.1, -0.05) is 31.2 Å². The summed E-state index contributed by atoms with van der Waals surface area (Å²) in [6, 6.07) is 13.0. The molecule has 0 aromatic heterocycles. The number of halogens is 1. The van der Waals surface area contributed by atoms with Crippen molar-refractivity contribution in [3.05, 3.63) is 65.0 Å². The van der Waals surface area contributed by atoms with E-state index in [1.54, 1.807) is 32.0 Å². The Hall–Kier alpha value is -2.21. The van der Waals surface area contributed by atoms with E-state index >= 15 is 0 Å². The molecule has 0 saturated carbocycles. The maximum Gasteiger partial charge on any atom is 0.191 e. The van der Waals surface area contributed by atoms with Crippen molar-refractivity contribution < 1.29 is 9.13 Å². The molecule has 27 heavy (non-hydrogen) atoms. The fraction of sp³-hybridized carbons (Fsp3) is 0.381. The summed E-state index contributed by atoms with van der Waals surface area (Å²) in [5.74, 6) is 2.46. The number of benzene rings is 2. The number of hydrogen-bond donors (Lipinski definition) is 2. The number of hydrogen-bond acceptors (Lipinski definition) is 3. The molecule has 1 atom stereocenters. The van der Waals surface area contributed by atoms with Gasteiger partial charge in [0.05, 0.1) is 7.11 Å². The molecule has 2 rings (SSSR count). The summed E-state index contributed by atoms with van der Waals surface area (Å²) in [7, 11) is 3.44. The van der Waals surface area contributed by atoms with Crippen molar-refractivity contribution in [2.75, 3.05) is 27.0 Å².